The normalized spacial score (nSPS) is 12.0. The third kappa shape index (κ3) is 5.21. The Morgan fingerprint density at radius 2 is 2.06 bits per heavy atom. The number of halogens is 3. The van der Waals surface area contributed by atoms with Crippen molar-refractivity contribution in [1.82, 2.24) is 5.32 Å². The average Bonchev–Trinajstić information content (AvgIpc) is 2.56. The summed E-state index contributed by atoms with van der Waals surface area (Å²) >= 11 is 0. The smallest absolute Gasteiger partial charge is 0.389 e. The van der Waals surface area contributed by atoms with Gasteiger partial charge in [0.05, 0.1) is 12.8 Å². The molecule has 2 nitrogen and oxygen atoms in total. The molecule has 0 aromatic carbocycles. The molecule has 0 fully saturated rings. The summed E-state index contributed by atoms with van der Waals surface area (Å²) in [7, 11) is 0. The molecule has 0 amide bonds. The second kappa shape index (κ2) is 5.94. The van der Waals surface area contributed by atoms with E-state index < -0.39 is 12.6 Å². The number of unbranched alkanes of at least 4 members (excludes halogenated alkanes) is 1. The molecular weight excluding hydrogens is 219 g/mol. The van der Waals surface area contributed by atoms with Crippen molar-refractivity contribution in [2.45, 2.75) is 38.9 Å². The van der Waals surface area contributed by atoms with Crippen molar-refractivity contribution in [3.8, 4) is 0 Å². The van der Waals surface area contributed by atoms with Crippen molar-refractivity contribution in [3.05, 3.63) is 23.7 Å². The van der Waals surface area contributed by atoms with E-state index in [4.69, 9.17) is 4.42 Å². The number of hydrogen-bond acceptors (Lipinski definition) is 2. The molecule has 0 saturated heterocycles. The highest BCUT2D eigenvalue weighted by molar-refractivity contribution is 5.13. The SMILES string of the molecule is Cc1ccoc1CNCCCCC(F)(F)F. The predicted octanol–water partition coefficient (Wildman–Crippen LogP) is 3.41. The van der Waals surface area contributed by atoms with Crippen LogP contribution in [0.4, 0.5) is 13.2 Å². The molecule has 1 heterocycles. The zero-order valence-electron chi connectivity index (χ0n) is 9.23. The van der Waals surface area contributed by atoms with E-state index in [1.165, 1.54) is 0 Å². The van der Waals surface area contributed by atoms with Crippen LogP contribution in [0, 0.1) is 6.92 Å². The molecule has 0 aliphatic heterocycles. The molecule has 5 heteroatoms. The Bertz CT molecular complexity index is 306. The van der Waals surface area contributed by atoms with Gasteiger partial charge in [-0.1, -0.05) is 0 Å². The third-order valence-corrected chi connectivity index (χ3v) is 2.32. The number of rotatable bonds is 6. The zero-order valence-corrected chi connectivity index (χ0v) is 9.23. The van der Waals surface area contributed by atoms with Crippen LogP contribution < -0.4 is 5.32 Å². The van der Waals surface area contributed by atoms with Gasteiger partial charge in [-0.3, -0.25) is 0 Å². The molecule has 1 aromatic rings. The Hall–Kier alpha value is -0.970. The quantitative estimate of drug-likeness (QED) is 0.764. The van der Waals surface area contributed by atoms with Crippen molar-refractivity contribution in [2.24, 2.45) is 0 Å². The van der Waals surface area contributed by atoms with E-state index in [1.54, 1.807) is 6.26 Å². The standard InChI is InChI=1S/C11H16F3NO/c1-9-4-7-16-10(9)8-15-6-3-2-5-11(12,13)14/h4,7,15H,2-3,5-6,8H2,1H3. The largest absolute Gasteiger partial charge is 0.468 e. The van der Waals surface area contributed by atoms with Gasteiger partial charge in [0, 0.05) is 6.42 Å². The van der Waals surface area contributed by atoms with Gasteiger partial charge in [0.25, 0.3) is 0 Å². The highest BCUT2D eigenvalue weighted by atomic mass is 19.4. The molecule has 0 spiro atoms. The second-order valence-corrected chi connectivity index (χ2v) is 3.78. The number of nitrogens with one attached hydrogen (secondary N) is 1. The topological polar surface area (TPSA) is 25.2 Å². The lowest BCUT2D eigenvalue weighted by Gasteiger charge is -2.06. The fourth-order valence-electron chi connectivity index (χ4n) is 1.36. The molecule has 0 atom stereocenters. The van der Waals surface area contributed by atoms with E-state index in [0.29, 0.717) is 19.5 Å². The van der Waals surface area contributed by atoms with Gasteiger partial charge in [-0.2, -0.15) is 13.2 Å². The van der Waals surface area contributed by atoms with Gasteiger partial charge in [0.2, 0.25) is 0 Å². The van der Waals surface area contributed by atoms with Gasteiger partial charge < -0.3 is 9.73 Å². The van der Waals surface area contributed by atoms with Gasteiger partial charge in [-0.05, 0) is 37.9 Å². The van der Waals surface area contributed by atoms with E-state index in [1.807, 2.05) is 13.0 Å². The Kier molecular flexibility index (Phi) is 4.86. The first-order valence-corrected chi connectivity index (χ1v) is 5.29. The van der Waals surface area contributed by atoms with Crippen LogP contribution in [0.15, 0.2) is 16.7 Å². The lowest BCUT2D eigenvalue weighted by molar-refractivity contribution is -0.135. The summed E-state index contributed by atoms with van der Waals surface area (Å²) in [6.07, 6.45) is -2.42. The van der Waals surface area contributed by atoms with Crippen molar-refractivity contribution in [1.29, 1.82) is 0 Å². The highest BCUT2D eigenvalue weighted by Gasteiger charge is 2.25. The monoisotopic (exact) mass is 235 g/mol. The van der Waals surface area contributed by atoms with Crippen LogP contribution in [-0.2, 0) is 6.54 Å². The fraction of sp³-hybridized carbons (Fsp3) is 0.636. The Labute approximate surface area is 92.8 Å². The maximum atomic E-state index is 11.8. The van der Waals surface area contributed by atoms with Crippen LogP contribution >= 0.6 is 0 Å². The number of furan rings is 1. The number of aryl methyl sites for hydroxylation is 1. The van der Waals surface area contributed by atoms with Crippen molar-refractivity contribution < 1.29 is 17.6 Å². The first-order valence-electron chi connectivity index (χ1n) is 5.29. The van der Waals surface area contributed by atoms with Crippen molar-refractivity contribution in [2.75, 3.05) is 6.54 Å². The molecular formula is C11H16F3NO. The lowest BCUT2D eigenvalue weighted by atomic mass is 10.2. The molecule has 0 aliphatic rings. The van der Waals surface area contributed by atoms with Gasteiger partial charge in [-0.15, -0.1) is 0 Å². The maximum Gasteiger partial charge on any atom is 0.389 e. The fourth-order valence-corrected chi connectivity index (χ4v) is 1.36. The van der Waals surface area contributed by atoms with Gasteiger partial charge >= 0.3 is 6.18 Å². The van der Waals surface area contributed by atoms with E-state index in [2.05, 4.69) is 5.32 Å². The third-order valence-electron chi connectivity index (χ3n) is 2.32. The summed E-state index contributed by atoms with van der Waals surface area (Å²) in [6, 6.07) is 1.86. The molecule has 0 aliphatic carbocycles. The second-order valence-electron chi connectivity index (χ2n) is 3.78. The summed E-state index contributed by atoms with van der Waals surface area (Å²) in [5.41, 5.74) is 1.06. The molecule has 0 bridgehead atoms. The summed E-state index contributed by atoms with van der Waals surface area (Å²) in [4.78, 5) is 0. The lowest BCUT2D eigenvalue weighted by Crippen LogP contribution is -2.16. The molecule has 0 radical (unpaired) electrons. The van der Waals surface area contributed by atoms with Crippen LogP contribution in [0.2, 0.25) is 0 Å². The van der Waals surface area contributed by atoms with Crippen LogP contribution in [0.3, 0.4) is 0 Å². The summed E-state index contributed by atoms with van der Waals surface area (Å²) in [5.74, 6) is 0.843. The molecule has 0 unspecified atom stereocenters. The first-order chi connectivity index (χ1) is 7.49. The predicted molar refractivity (Wildman–Crippen MR) is 55.1 cm³/mol. The molecule has 0 saturated carbocycles. The molecule has 1 aromatic heterocycles. The zero-order chi connectivity index (χ0) is 12.0. The summed E-state index contributed by atoms with van der Waals surface area (Å²) in [5, 5.41) is 3.05. The molecule has 16 heavy (non-hydrogen) atoms. The summed E-state index contributed by atoms with van der Waals surface area (Å²) in [6.45, 7) is 3.09. The number of alkyl halides is 3. The van der Waals surface area contributed by atoms with Crippen LogP contribution in [0.25, 0.3) is 0 Å². The van der Waals surface area contributed by atoms with E-state index >= 15 is 0 Å². The minimum Gasteiger partial charge on any atom is -0.468 e. The van der Waals surface area contributed by atoms with Crippen molar-refractivity contribution >= 4 is 0 Å². The van der Waals surface area contributed by atoms with Gasteiger partial charge in [0.1, 0.15) is 5.76 Å². The first kappa shape index (κ1) is 13.1. The highest BCUT2D eigenvalue weighted by Crippen LogP contribution is 2.21. The minimum absolute atomic E-state index is 0.174. The average molecular weight is 235 g/mol. The van der Waals surface area contributed by atoms with E-state index in [0.717, 1.165) is 11.3 Å². The Morgan fingerprint density at radius 3 is 2.62 bits per heavy atom. The Balaban J connectivity index is 2.03. The van der Waals surface area contributed by atoms with Crippen LogP contribution in [0.1, 0.15) is 30.6 Å². The van der Waals surface area contributed by atoms with Crippen molar-refractivity contribution in [3.63, 3.8) is 0 Å². The maximum absolute atomic E-state index is 11.8. The van der Waals surface area contributed by atoms with E-state index in [-0.39, 0.29) is 6.42 Å². The van der Waals surface area contributed by atoms with Crippen LogP contribution in [0.5, 0.6) is 0 Å². The van der Waals surface area contributed by atoms with E-state index in [9.17, 15) is 13.2 Å². The molecule has 92 valence electrons. The minimum atomic E-state index is -4.03. The Morgan fingerprint density at radius 1 is 1.31 bits per heavy atom. The molecule has 1 rings (SSSR count). The van der Waals surface area contributed by atoms with Gasteiger partial charge in [-0.25, -0.2) is 0 Å². The summed E-state index contributed by atoms with van der Waals surface area (Å²) < 4.78 is 40.6. The van der Waals surface area contributed by atoms with Gasteiger partial charge in [0.15, 0.2) is 0 Å². The van der Waals surface area contributed by atoms with Crippen LogP contribution in [-0.4, -0.2) is 12.7 Å². The number of hydrogen-bond donors (Lipinski definition) is 1. The molecule has 1 N–H and O–H groups in total.